The molecule has 0 saturated heterocycles. The Labute approximate surface area is 126 Å². The van der Waals surface area contributed by atoms with Gasteiger partial charge in [0.15, 0.2) is 0 Å². The van der Waals surface area contributed by atoms with Gasteiger partial charge >= 0.3 is 0 Å². The number of benzene rings is 1. The normalized spacial score (nSPS) is 14.9. The quantitative estimate of drug-likeness (QED) is 0.673. The van der Waals surface area contributed by atoms with Crippen molar-refractivity contribution in [3.05, 3.63) is 44.4 Å². The number of aromatic nitrogens is 1. The van der Waals surface area contributed by atoms with Crippen LogP contribution in [0.2, 0.25) is 5.02 Å². The number of thiazole rings is 1. The second-order valence-corrected chi connectivity index (χ2v) is 6.56. The van der Waals surface area contributed by atoms with E-state index >= 15 is 0 Å². The number of ether oxygens (including phenoxy) is 1. The molecule has 6 heteroatoms. The van der Waals surface area contributed by atoms with Gasteiger partial charge in [0.25, 0.3) is 0 Å². The van der Waals surface area contributed by atoms with Crippen LogP contribution >= 0.6 is 22.9 Å². The summed E-state index contributed by atoms with van der Waals surface area (Å²) in [6, 6.07) is 3.96. The largest absolute Gasteiger partial charge is 0.493 e. The third-order valence-corrected chi connectivity index (χ3v) is 4.68. The summed E-state index contributed by atoms with van der Waals surface area (Å²) < 4.78 is 5.73. The number of nitrogens with two attached hydrogens (primary N) is 1. The smallest absolute Gasteiger partial charge is 0.125 e. The van der Waals surface area contributed by atoms with Gasteiger partial charge in [0.1, 0.15) is 5.75 Å². The van der Waals surface area contributed by atoms with Gasteiger partial charge in [-0.3, -0.25) is 11.3 Å². The van der Waals surface area contributed by atoms with Gasteiger partial charge in [-0.05, 0) is 36.6 Å². The average Bonchev–Trinajstić information content (AvgIpc) is 3.04. The zero-order chi connectivity index (χ0) is 14.1. The summed E-state index contributed by atoms with van der Waals surface area (Å²) in [4.78, 5) is 5.40. The van der Waals surface area contributed by atoms with Crippen LogP contribution in [0.25, 0.3) is 0 Å². The molecule has 1 aliphatic rings. The molecule has 3 rings (SSSR count). The maximum absolute atomic E-state index is 6.19. The first-order valence-electron chi connectivity index (χ1n) is 6.50. The molecular formula is C14H16ClN3OS. The maximum atomic E-state index is 6.19. The minimum atomic E-state index is 0.0213. The van der Waals surface area contributed by atoms with Crippen molar-refractivity contribution in [3.8, 4) is 5.75 Å². The maximum Gasteiger partial charge on any atom is 0.125 e. The number of nitrogens with zero attached hydrogens (tertiary/aromatic N) is 1. The van der Waals surface area contributed by atoms with Crippen LogP contribution in [0.1, 0.15) is 27.1 Å². The lowest BCUT2D eigenvalue weighted by atomic mass is 10.0. The molecule has 106 valence electrons. The summed E-state index contributed by atoms with van der Waals surface area (Å²) in [6.07, 6.45) is 3.53. The van der Waals surface area contributed by atoms with Crippen molar-refractivity contribution >= 4 is 22.9 Å². The van der Waals surface area contributed by atoms with Gasteiger partial charge in [-0.2, -0.15) is 0 Å². The number of fused-ring (bicyclic) bond motifs is 1. The van der Waals surface area contributed by atoms with Gasteiger partial charge < -0.3 is 4.74 Å². The number of halogens is 1. The van der Waals surface area contributed by atoms with Crippen LogP contribution in [0.3, 0.4) is 0 Å². The fraction of sp³-hybridized carbons (Fsp3) is 0.357. The van der Waals surface area contributed by atoms with Gasteiger partial charge in [-0.1, -0.05) is 11.6 Å². The van der Waals surface area contributed by atoms with E-state index in [4.69, 9.17) is 22.2 Å². The molecule has 1 aromatic heterocycles. The Morgan fingerprint density at radius 3 is 3.10 bits per heavy atom. The van der Waals surface area contributed by atoms with E-state index in [1.807, 2.05) is 25.3 Å². The minimum Gasteiger partial charge on any atom is -0.493 e. The summed E-state index contributed by atoms with van der Waals surface area (Å²) in [5.74, 6) is 6.67. The summed E-state index contributed by atoms with van der Waals surface area (Å²) in [6.45, 7) is 2.71. The standard InChI is InChI=1S/C14H16ClN3OS/c1-8-17-7-13(20-8)12(18-16)6-10-5-11(15)4-9-2-3-19-14(9)10/h4-5,7,12,18H,2-3,6,16H2,1H3. The van der Waals surface area contributed by atoms with Crippen molar-refractivity contribution in [2.24, 2.45) is 5.84 Å². The molecule has 0 radical (unpaired) electrons. The topological polar surface area (TPSA) is 60.2 Å². The summed E-state index contributed by atoms with van der Waals surface area (Å²) in [7, 11) is 0. The van der Waals surface area contributed by atoms with Crippen molar-refractivity contribution in [1.29, 1.82) is 0 Å². The number of rotatable bonds is 4. The first-order chi connectivity index (χ1) is 9.67. The van der Waals surface area contributed by atoms with Gasteiger partial charge in [-0.25, -0.2) is 4.98 Å². The number of hydrogen-bond acceptors (Lipinski definition) is 5. The fourth-order valence-corrected chi connectivity index (χ4v) is 3.61. The first-order valence-corrected chi connectivity index (χ1v) is 7.69. The third-order valence-electron chi connectivity index (χ3n) is 3.43. The zero-order valence-corrected chi connectivity index (χ0v) is 12.7. The molecule has 0 saturated carbocycles. The highest BCUT2D eigenvalue weighted by Crippen LogP contribution is 2.35. The predicted octanol–water partition coefficient (Wildman–Crippen LogP) is 2.79. The van der Waals surface area contributed by atoms with Gasteiger partial charge in [0.2, 0.25) is 0 Å². The summed E-state index contributed by atoms with van der Waals surface area (Å²) >= 11 is 7.84. The number of hydrogen-bond donors (Lipinski definition) is 2. The van der Waals surface area contributed by atoms with Crippen LogP contribution in [0.5, 0.6) is 5.75 Å². The van der Waals surface area contributed by atoms with E-state index in [-0.39, 0.29) is 6.04 Å². The van der Waals surface area contributed by atoms with Crippen molar-refractivity contribution < 1.29 is 4.74 Å². The van der Waals surface area contributed by atoms with E-state index in [1.54, 1.807) is 11.3 Å². The lowest BCUT2D eigenvalue weighted by Gasteiger charge is -2.16. The molecule has 2 aromatic rings. The Morgan fingerprint density at radius 1 is 1.55 bits per heavy atom. The van der Waals surface area contributed by atoms with Crippen LogP contribution in [0.15, 0.2) is 18.3 Å². The molecule has 3 N–H and O–H groups in total. The monoisotopic (exact) mass is 309 g/mol. The van der Waals surface area contributed by atoms with Crippen molar-refractivity contribution in [2.45, 2.75) is 25.8 Å². The van der Waals surface area contributed by atoms with E-state index in [2.05, 4.69) is 10.4 Å². The van der Waals surface area contributed by atoms with Crippen molar-refractivity contribution in [1.82, 2.24) is 10.4 Å². The minimum absolute atomic E-state index is 0.0213. The molecule has 1 unspecified atom stereocenters. The van der Waals surface area contributed by atoms with Crippen LogP contribution in [0, 0.1) is 6.92 Å². The molecule has 1 aliphatic heterocycles. The zero-order valence-electron chi connectivity index (χ0n) is 11.1. The van der Waals surface area contributed by atoms with Gasteiger partial charge in [0, 0.05) is 22.5 Å². The van der Waals surface area contributed by atoms with Crippen LogP contribution in [-0.2, 0) is 12.8 Å². The Kier molecular flexibility index (Phi) is 3.94. The number of aryl methyl sites for hydroxylation is 1. The average molecular weight is 310 g/mol. The molecule has 2 heterocycles. The highest BCUT2D eigenvalue weighted by molar-refractivity contribution is 7.11. The molecule has 0 spiro atoms. The molecule has 0 aliphatic carbocycles. The fourth-order valence-electron chi connectivity index (χ4n) is 2.50. The van der Waals surface area contributed by atoms with Crippen LogP contribution in [0.4, 0.5) is 0 Å². The lowest BCUT2D eigenvalue weighted by Crippen LogP contribution is -2.29. The molecule has 0 fully saturated rings. The van der Waals surface area contributed by atoms with E-state index < -0.39 is 0 Å². The Morgan fingerprint density at radius 2 is 2.40 bits per heavy atom. The Bertz CT molecular complexity index is 629. The van der Waals surface area contributed by atoms with E-state index in [0.717, 1.165) is 45.7 Å². The van der Waals surface area contributed by atoms with E-state index in [1.165, 1.54) is 5.56 Å². The Hall–Kier alpha value is -1.14. The van der Waals surface area contributed by atoms with E-state index in [0.29, 0.717) is 0 Å². The first kappa shape index (κ1) is 13.8. The highest BCUT2D eigenvalue weighted by atomic mass is 35.5. The SMILES string of the molecule is Cc1ncc(C(Cc2cc(Cl)cc3c2OCC3)NN)s1. The predicted molar refractivity (Wildman–Crippen MR) is 81.3 cm³/mol. The van der Waals surface area contributed by atoms with E-state index in [9.17, 15) is 0 Å². The summed E-state index contributed by atoms with van der Waals surface area (Å²) in [5, 5.41) is 1.79. The van der Waals surface area contributed by atoms with Crippen molar-refractivity contribution in [3.63, 3.8) is 0 Å². The summed E-state index contributed by atoms with van der Waals surface area (Å²) in [5.41, 5.74) is 5.14. The molecule has 4 nitrogen and oxygen atoms in total. The molecular weight excluding hydrogens is 294 g/mol. The lowest BCUT2D eigenvalue weighted by molar-refractivity contribution is 0.351. The van der Waals surface area contributed by atoms with Crippen LogP contribution in [-0.4, -0.2) is 11.6 Å². The molecule has 1 atom stereocenters. The number of nitrogens with one attached hydrogen (secondary N) is 1. The molecule has 0 amide bonds. The molecule has 20 heavy (non-hydrogen) atoms. The molecule has 1 aromatic carbocycles. The number of hydrazine groups is 1. The second kappa shape index (κ2) is 5.69. The van der Waals surface area contributed by atoms with Gasteiger partial charge in [0.05, 0.1) is 17.7 Å². The van der Waals surface area contributed by atoms with Crippen LogP contribution < -0.4 is 16.0 Å². The van der Waals surface area contributed by atoms with Gasteiger partial charge in [-0.15, -0.1) is 11.3 Å². The molecule has 0 bridgehead atoms. The second-order valence-electron chi connectivity index (χ2n) is 4.86. The third kappa shape index (κ3) is 2.67. The Balaban J connectivity index is 1.90. The van der Waals surface area contributed by atoms with Crippen molar-refractivity contribution in [2.75, 3.05) is 6.61 Å². The highest BCUT2D eigenvalue weighted by Gasteiger charge is 2.21.